The molecular weight excluding hydrogens is 554 g/mol. The Morgan fingerprint density at radius 1 is 0.951 bits per heavy atom. The number of fused-ring (bicyclic) bond motifs is 1. The Morgan fingerprint density at radius 3 is 2.29 bits per heavy atom. The molecule has 0 radical (unpaired) electrons. The van der Waals surface area contributed by atoms with E-state index in [1.807, 2.05) is 24.3 Å². The van der Waals surface area contributed by atoms with Gasteiger partial charge in [0.25, 0.3) is 0 Å². The van der Waals surface area contributed by atoms with Gasteiger partial charge in [0.05, 0.1) is 18.8 Å². The summed E-state index contributed by atoms with van der Waals surface area (Å²) < 4.78 is 0. The quantitative estimate of drug-likeness (QED) is 0.110. The number of rotatable bonds is 16. The van der Waals surface area contributed by atoms with Crippen LogP contribution in [-0.2, 0) is 36.8 Å². The third kappa shape index (κ3) is 9.08. The number of para-hydroxylation sites is 1. The van der Waals surface area contributed by atoms with E-state index in [1.54, 1.807) is 12.5 Å². The van der Waals surface area contributed by atoms with Crippen molar-refractivity contribution >= 4 is 52.3 Å². The summed E-state index contributed by atoms with van der Waals surface area (Å²) in [5.74, 6) is -4.64. The van der Waals surface area contributed by atoms with Gasteiger partial charge in [-0.05, 0) is 36.5 Å². The minimum Gasteiger partial charge on any atom is -0.481 e. The number of nitrogens with one attached hydrogen (secondary N) is 5. The minimum atomic E-state index is -1.53. The first-order valence-corrected chi connectivity index (χ1v) is 14.1. The number of hydrogen-bond acceptors (Lipinski definition) is 8. The van der Waals surface area contributed by atoms with Gasteiger partial charge in [-0.1, -0.05) is 18.2 Å². The van der Waals surface area contributed by atoms with E-state index < -0.39 is 60.2 Å². The summed E-state index contributed by atoms with van der Waals surface area (Å²) in [5, 5.41) is 27.1. The predicted octanol–water partition coefficient (Wildman–Crippen LogP) is -0.230. The van der Waals surface area contributed by atoms with Crippen LogP contribution in [0.15, 0.2) is 43.0 Å². The van der Waals surface area contributed by atoms with Gasteiger partial charge in [0.1, 0.15) is 18.1 Å². The molecule has 41 heavy (non-hydrogen) atoms. The number of imidazole rings is 1. The normalized spacial score (nSPS) is 14.0. The van der Waals surface area contributed by atoms with E-state index in [9.17, 15) is 34.2 Å². The van der Waals surface area contributed by atoms with Gasteiger partial charge in [-0.3, -0.25) is 19.2 Å². The number of thioether (sulfide) groups is 1. The molecule has 1 aromatic carbocycles. The molecule has 15 heteroatoms. The lowest BCUT2D eigenvalue weighted by Gasteiger charge is -2.24. The van der Waals surface area contributed by atoms with Crippen LogP contribution in [0.5, 0.6) is 0 Å². The van der Waals surface area contributed by atoms with Gasteiger partial charge < -0.3 is 41.9 Å². The van der Waals surface area contributed by atoms with Crippen LogP contribution < -0.4 is 21.7 Å². The SMILES string of the molecule is CSCCC(NC(=O)C(CC(=O)O)NC(=O)C(N)Cc1c[nH]c2ccccc12)C(=O)NC(Cc1cnc[nH]1)C(=O)O. The van der Waals surface area contributed by atoms with E-state index in [-0.39, 0.29) is 19.3 Å². The number of aliphatic carboxylic acids is 2. The van der Waals surface area contributed by atoms with Crippen LogP contribution in [0.2, 0.25) is 0 Å². The van der Waals surface area contributed by atoms with Gasteiger partial charge in [-0.15, -0.1) is 0 Å². The van der Waals surface area contributed by atoms with Gasteiger partial charge in [0.2, 0.25) is 17.7 Å². The van der Waals surface area contributed by atoms with Gasteiger partial charge in [-0.2, -0.15) is 11.8 Å². The van der Waals surface area contributed by atoms with Crippen molar-refractivity contribution in [2.24, 2.45) is 5.73 Å². The molecule has 0 saturated carbocycles. The van der Waals surface area contributed by atoms with Gasteiger partial charge in [-0.25, -0.2) is 9.78 Å². The molecule has 4 atom stereocenters. The number of carboxylic acids is 2. The molecule has 0 saturated heterocycles. The van der Waals surface area contributed by atoms with Crippen molar-refractivity contribution in [2.75, 3.05) is 12.0 Å². The van der Waals surface area contributed by atoms with E-state index in [2.05, 4.69) is 30.9 Å². The second-order valence-corrected chi connectivity index (χ2v) is 10.3. The van der Waals surface area contributed by atoms with Crippen molar-refractivity contribution in [2.45, 2.75) is 49.9 Å². The maximum absolute atomic E-state index is 13.1. The Morgan fingerprint density at radius 2 is 1.63 bits per heavy atom. The number of carbonyl (C=O) groups excluding carboxylic acids is 3. The molecule has 0 bridgehead atoms. The van der Waals surface area contributed by atoms with E-state index >= 15 is 0 Å². The van der Waals surface area contributed by atoms with E-state index in [4.69, 9.17) is 5.73 Å². The number of carbonyl (C=O) groups is 5. The smallest absolute Gasteiger partial charge is 0.326 e. The molecule has 3 aromatic rings. The van der Waals surface area contributed by atoms with Gasteiger partial charge in [0.15, 0.2) is 0 Å². The maximum atomic E-state index is 13.1. The fraction of sp³-hybridized carbons (Fsp3) is 0.385. The third-order valence-electron chi connectivity index (χ3n) is 6.30. The zero-order valence-electron chi connectivity index (χ0n) is 22.3. The molecule has 2 heterocycles. The topological polar surface area (TPSA) is 232 Å². The van der Waals surface area contributed by atoms with Crippen LogP contribution in [0, 0.1) is 0 Å². The number of H-pyrrole nitrogens is 2. The van der Waals surface area contributed by atoms with Crippen molar-refractivity contribution in [3.63, 3.8) is 0 Å². The van der Waals surface area contributed by atoms with Gasteiger partial charge >= 0.3 is 11.9 Å². The third-order valence-corrected chi connectivity index (χ3v) is 6.94. The highest BCUT2D eigenvalue weighted by Gasteiger charge is 2.31. The van der Waals surface area contributed by atoms with Gasteiger partial charge in [0, 0.05) is 35.4 Å². The molecule has 9 N–H and O–H groups in total. The lowest BCUT2D eigenvalue weighted by Crippen LogP contribution is -2.58. The number of amides is 3. The van der Waals surface area contributed by atoms with Crippen LogP contribution in [0.25, 0.3) is 10.9 Å². The highest BCUT2D eigenvalue weighted by atomic mass is 32.2. The van der Waals surface area contributed by atoms with Crippen molar-refractivity contribution in [1.82, 2.24) is 30.9 Å². The molecule has 0 aliphatic rings. The van der Waals surface area contributed by atoms with Crippen molar-refractivity contribution in [3.8, 4) is 0 Å². The lowest BCUT2D eigenvalue weighted by atomic mass is 10.0. The number of hydrogen-bond donors (Lipinski definition) is 8. The Balaban J connectivity index is 1.68. The molecule has 220 valence electrons. The number of benzene rings is 1. The second-order valence-electron chi connectivity index (χ2n) is 9.35. The van der Waals surface area contributed by atoms with Crippen molar-refractivity contribution in [1.29, 1.82) is 0 Å². The fourth-order valence-corrected chi connectivity index (χ4v) is 4.63. The van der Waals surface area contributed by atoms with Crippen molar-refractivity contribution < 1.29 is 34.2 Å². The summed E-state index contributed by atoms with van der Waals surface area (Å²) in [7, 11) is 0. The average molecular weight is 588 g/mol. The number of aromatic nitrogens is 3. The first-order valence-electron chi connectivity index (χ1n) is 12.7. The molecule has 0 spiro atoms. The van der Waals surface area contributed by atoms with E-state index in [1.165, 1.54) is 24.3 Å². The number of carboxylic acid groups (broad SMARTS) is 2. The monoisotopic (exact) mass is 587 g/mol. The van der Waals surface area contributed by atoms with Crippen LogP contribution in [0.3, 0.4) is 0 Å². The molecule has 3 amide bonds. The fourth-order valence-electron chi connectivity index (χ4n) is 4.16. The Bertz CT molecular complexity index is 1360. The number of aromatic amines is 2. The lowest BCUT2D eigenvalue weighted by molar-refractivity contribution is -0.143. The summed E-state index contributed by atoms with van der Waals surface area (Å²) in [6.07, 6.45) is 5.74. The summed E-state index contributed by atoms with van der Waals surface area (Å²) in [6, 6.07) is 2.33. The first-order chi connectivity index (χ1) is 19.6. The Labute approximate surface area is 239 Å². The summed E-state index contributed by atoms with van der Waals surface area (Å²) in [5.41, 5.74) is 8.22. The minimum absolute atomic E-state index is 0.0731. The first kappa shape index (κ1) is 31.2. The molecule has 14 nitrogen and oxygen atoms in total. The molecular formula is C26H33N7O7S. The van der Waals surface area contributed by atoms with Crippen LogP contribution >= 0.6 is 11.8 Å². The van der Waals surface area contributed by atoms with Crippen LogP contribution in [-0.4, -0.2) is 91.0 Å². The largest absolute Gasteiger partial charge is 0.481 e. The summed E-state index contributed by atoms with van der Waals surface area (Å²) >= 11 is 1.40. The van der Waals surface area contributed by atoms with E-state index in [0.717, 1.165) is 16.5 Å². The molecule has 0 aliphatic heterocycles. The standard InChI is InChI=1S/C26H33N7O7S/c1-41-7-6-19(24(37)33-21(26(39)40)9-15-12-28-13-30-15)31-25(38)20(10-22(34)35)32-23(36)17(27)8-14-11-29-18-5-3-2-4-16(14)18/h2-5,11-13,17,19-21,29H,6-10,27H2,1H3,(H,28,30)(H,31,38)(H,32,36)(H,33,37)(H,34,35)(H,39,40). The van der Waals surface area contributed by atoms with E-state index in [0.29, 0.717) is 11.4 Å². The zero-order valence-corrected chi connectivity index (χ0v) is 23.1. The number of nitrogens with zero attached hydrogens (tertiary/aromatic N) is 1. The van der Waals surface area contributed by atoms with Crippen molar-refractivity contribution in [3.05, 3.63) is 54.2 Å². The molecule has 0 fully saturated rings. The second kappa shape index (κ2) is 14.9. The molecule has 3 rings (SSSR count). The molecule has 2 aromatic heterocycles. The highest BCUT2D eigenvalue weighted by molar-refractivity contribution is 7.98. The van der Waals surface area contributed by atoms with Crippen LogP contribution in [0.1, 0.15) is 24.1 Å². The summed E-state index contributed by atoms with van der Waals surface area (Å²) in [4.78, 5) is 72.0. The number of nitrogens with two attached hydrogens (primary N) is 1. The average Bonchev–Trinajstić information content (AvgIpc) is 3.59. The summed E-state index contributed by atoms with van der Waals surface area (Å²) in [6.45, 7) is 0. The maximum Gasteiger partial charge on any atom is 0.326 e. The Kier molecular flexibility index (Phi) is 11.3. The highest BCUT2D eigenvalue weighted by Crippen LogP contribution is 2.19. The predicted molar refractivity (Wildman–Crippen MR) is 151 cm³/mol. The van der Waals surface area contributed by atoms with Crippen LogP contribution in [0.4, 0.5) is 0 Å². The molecule has 0 aliphatic carbocycles. The Hall–Kier alpha value is -4.37. The molecule has 4 unspecified atom stereocenters. The zero-order chi connectivity index (χ0) is 29.9.